The van der Waals surface area contributed by atoms with Crippen LogP contribution in [0.2, 0.25) is 0 Å². The number of rotatable bonds is 10. The third-order valence-corrected chi connectivity index (χ3v) is 8.30. The first-order chi connectivity index (χ1) is 20.8. The molecule has 10 nitrogen and oxygen atoms in total. The van der Waals surface area contributed by atoms with Gasteiger partial charge < -0.3 is 24.3 Å². The van der Waals surface area contributed by atoms with E-state index in [4.69, 9.17) is 9.15 Å². The standard InChI is InChI=1S/C33H35N5O5/c1-21-13-24(18-30-31(21)36(3)33(41)43-30)32(40)25-14-22(19-34)15-27(16-25)37-11-8-26(9-12-37)38(20-39)10-7-23-17-28(42-4)5-6-29(23)35-2/h5-6,13-18,20,26,35H,7-12H2,1-4H3. The zero-order chi connectivity index (χ0) is 30.7. The summed E-state index contributed by atoms with van der Waals surface area (Å²) >= 11 is 0. The molecule has 1 aliphatic rings. The summed E-state index contributed by atoms with van der Waals surface area (Å²) in [5.41, 5.74) is 5.79. The Morgan fingerprint density at radius 2 is 1.91 bits per heavy atom. The molecule has 5 rings (SSSR count). The largest absolute Gasteiger partial charge is 0.497 e. The summed E-state index contributed by atoms with van der Waals surface area (Å²) in [5.74, 6) is 0.0335. The molecule has 10 heteroatoms. The molecule has 0 spiro atoms. The number of amides is 1. The van der Waals surface area contributed by atoms with E-state index in [0.717, 1.165) is 47.5 Å². The second kappa shape index (κ2) is 12.4. The SMILES string of the molecule is CNc1ccc(OC)cc1CCN(C=O)C1CCN(c2cc(C#N)cc(C(=O)c3cc(C)c4c(c3)oc(=O)n4C)c2)CC1. The zero-order valence-electron chi connectivity index (χ0n) is 24.8. The summed E-state index contributed by atoms with van der Waals surface area (Å²) in [6.45, 7) is 3.77. The van der Waals surface area contributed by atoms with Gasteiger partial charge in [-0.05, 0) is 85.8 Å². The maximum atomic E-state index is 13.6. The first kappa shape index (κ1) is 29.5. The molecule has 1 fully saturated rings. The topological polar surface area (TPSA) is 121 Å². The molecule has 0 unspecified atom stereocenters. The lowest BCUT2D eigenvalue weighted by Gasteiger charge is -2.38. The van der Waals surface area contributed by atoms with Crippen LogP contribution in [0.4, 0.5) is 11.4 Å². The van der Waals surface area contributed by atoms with E-state index in [2.05, 4.69) is 16.3 Å². The van der Waals surface area contributed by atoms with Gasteiger partial charge in [0.15, 0.2) is 11.4 Å². The lowest BCUT2D eigenvalue weighted by Crippen LogP contribution is -2.45. The number of aryl methyl sites for hydroxylation is 2. The summed E-state index contributed by atoms with van der Waals surface area (Å²) in [7, 11) is 5.14. The van der Waals surface area contributed by atoms with Gasteiger partial charge in [-0.3, -0.25) is 14.2 Å². The molecular formula is C33H35N5O5. The number of aromatic nitrogens is 1. The number of methoxy groups -OCH3 is 1. The van der Waals surface area contributed by atoms with E-state index in [-0.39, 0.29) is 11.8 Å². The number of anilines is 2. The minimum Gasteiger partial charge on any atom is -0.497 e. The van der Waals surface area contributed by atoms with Crippen molar-refractivity contribution in [3.63, 3.8) is 0 Å². The Bertz CT molecular complexity index is 1770. The van der Waals surface area contributed by atoms with E-state index in [1.54, 1.807) is 38.4 Å². The Hall–Kier alpha value is -5.04. The van der Waals surface area contributed by atoms with Crippen LogP contribution < -0.4 is 20.7 Å². The number of hydrogen-bond acceptors (Lipinski definition) is 8. The minimum absolute atomic E-state index is 0.0906. The van der Waals surface area contributed by atoms with Gasteiger partial charge in [0.2, 0.25) is 6.41 Å². The Labute approximate surface area is 250 Å². The van der Waals surface area contributed by atoms with Gasteiger partial charge in [-0.15, -0.1) is 0 Å². The third kappa shape index (κ3) is 5.97. The van der Waals surface area contributed by atoms with Crippen molar-refractivity contribution in [3.8, 4) is 11.8 Å². The van der Waals surface area contributed by atoms with Gasteiger partial charge in [-0.2, -0.15) is 5.26 Å². The molecule has 0 atom stereocenters. The van der Waals surface area contributed by atoms with Crippen LogP contribution in [0.25, 0.3) is 11.1 Å². The summed E-state index contributed by atoms with van der Waals surface area (Å²) < 4.78 is 12.1. The van der Waals surface area contributed by atoms with E-state index in [0.29, 0.717) is 53.8 Å². The highest BCUT2D eigenvalue weighted by Gasteiger charge is 2.25. The number of benzene rings is 3. The second-order valence-corrected chi connectivity index (χ2v) is 10.9. The predicted molar refractivity (Wildman–Crippen MR) is 165 cm³/mol. The van der Waals surface area contributed by atoms with Crippen LogP contribution in [0, 0.1) is 18.3 Å². The van der Waals surface area contributed by atoms with Crippen molar-refractivity contribution in [1.82, 2.24) is 9.47 Å². The first-order valence-corrected chi connectivity index (χ1v) is 14.3. The fourth-order valence-corrected chi connectivity index (χ4v) is 5.97. The fraction of sp³-hybridized carbons (Fsp3) is 0.333. The first-order valence-electron chi connectivity index (χ1n) is 14.3. The van der Waals surface area contributed by atoms with Crippen molar-refractivity contribution in [2.24, 2.45) is 7.05 Å². The molecule has 1 saturated heterocycles. The average molecular weight is 582 g/mol. The quantitative estimate of drug-likeness (QED) is 0.218. The Morgan fingerprint density at radius 1 is 1.16 bits per heavy atom. The van der Waals surface area contributed by atoms with Gasteiger partial charge in [-0.1, -0.05) is 0 Å². The van der Waals surface area contributed by atoms with Crippen LogP contribution in [-0.4, -0.2) is 61.5 Å². The van der Waals surface area contributed by atoms with Gasteiger partial charge in [0.25, 0.3) is 0 Å². The van der Waals surface area contributed by atoms with Crippen molar-refractivity contribution in [1.29, 1.82) is 5.26 Å². The third-order valence-electron chi connectivity index (χ3n) is 8.30. The van der Waals surface area contributed by atoms with Gasteiger partial charge in [0.05, 0.1) is 24.3 Å². The molecule has 1 aromatic heterocycles. The molecule has 0 saturated carbocycles. The molecule has 222 valence electrons. The Morgan fingerprint density at radius 3 is 2.58 bits per heavy atom. The van der Waals surface area contributed by atoms with E-state index in [1.165, 1.54) is 4.57 Å². The maximum absolute atomic E-state index is 13.6. The molecule has 1 N–H and O–H groups in total. The van der Waals surface area contributed by atoms with Crippen molar-refractivity contribution in [2.45, 2.75) is 32.2 Å². The highest BCUT2D eigenvalue weighted by atomic mass is 16.5. The molecule has 1 aliphatic heterocycles. The van der Waals surface area contributed by atoms with Crippen LogP contribution in [0.1, 0.15) is 45.5 Å². The van der Waals surface area contributed by atoms with E-state index >= 15 is 0 Å². The smallest absolute Gasteiger partial charge is 0.419 e. The van der Waals surface area contributed by atoms with Gasteiger partial charge >= 0.3 is 5.76 Å². The van der Waals surface area contributed by atoms with Gasteiger partial charge in [-0.25, -0.2) is 4.79 Å². The van der Waals surface area contributed by atoms with E-state index in [1.807, 2.05) is 43.1 Å². The molecule has 1 amide bonds. The lowest BCUT2D eigenvalue weighted by atomic mass is 9.97. The molecular weight excluding hydrogens is 546 g/mol. The number of ketones is 1. The van der Waals surface area contributed by atoms with Crippen LogP contribution in [-0.2, 0) is 18.3 Å². The van der Waals surface area contributed by atoms with Crippen molar-refractivity contribution in [3.05, 3.63) is 86.9 Å². The van der Waals surface area contributed by atoms with Crippen molar-refractivity contribution < 1.29 is 18.7 Å². The van der Waals surface area contributed by atoms with Crippen molar-refractivity contribution >= 4 is 34.7 Å². The molecule has 43 heavy (non-hydrogen) atoms. The Kier molecular flexibility index (Phi) is 8.53. The summed E-state index contributed by atoms with van der Waals surface area (Å²) in [6, 6.07) is 16.7. The highest BCUT2D eigenvalue weighted by Crippen LogP contribution is 2.28. The Balaban J connectivity index is 1.30. The molecule has 2 heterocycles. The molecule has 0 aliphatic carbocycles. The van der Waals surface area contributed by atoms with Crippen LogP contribution >= 0.6 is 0 Å². The summed E-state index contributed by atoms with van der Waals surface area (Å²) in [4.78, 5) is 41.7. The zero-order valence-corrected chi connectivity index (χ0v) is 24.8. The van der Waals surface area contributed by atoms with Crippen LogP contribution in [0.3, 0.4) is 0 Å². The normalized spacial score (nSPS) is 13.5. The fourth-order valence-electron chi connectivity index (χ4n) is 5.97. The number of fused-ring (bicyclic) bond motifs is 1. The second-order valence-electron chi connectivity index (χ2n) is 10.9. The van der Waals surface area contributed by atoms with E-state index in [9.17, 15) is 19.6 Å². The van der Waals surface area contributed by atoms with E-state index < -0.39 is 5.76 Å². The van der Waals surface area contributed by atoms with Crippen molar-refractivity contribution in [2.75, 3.05) is 44.0 Å². The number of ether oxygens (including phenoxy) is 1. The highest BCUT2D eigenvalue weighted by molar-refractivity contribution is 6.11. The average Bonchev–Trinajstić information content (AvgIpc) is 3.33. The van der Waals surface area contributed by atoms with Gasteiger partial charge in [0, 0.05) is 62.3 Å². The summed E-state index contributed by atoms with van der Waals surface area (Å²) in [5, 5.41) is 12.9. The number of nitrogens with zero attached hydrogens (tertiary/aromatic N) is 4. The number of carbonyl (C=O) groups excluding carboxylic acids is 2. The number of oxazole rings is 1. The van der Waals surface area contributed by atoms with Gasteiger partial charge in [0.1, 0.15) is 5.75 Å². The number of hydrogen-bond donors (Lipinski definition) is 1. The van der Waals surface area contributed by atoms with Crippen LogP contribution in [0.15, 0.2) is 57.7 Å². The molecule has 3 aromatic carbocycles. The molecule has 0 radical (unpaired) electrons. The summed E-state index contributed by atoms with van der Waals surface area (Å²) in [6.07, 6.45) is 3.15. The minimum atomic E-state index is -0.490. The van der Waals surface area contributed by atoms with Crippen LogP contribution in [0.5, 0.6) is 5.75 Å². The number of nitrogens with one attached hydrogen (secondary N) is 1. The lowest BCUT2D eigenvalue weighted by molar-refractivity contribution is -0.120. The number of nitriles is 1. The number of carbonyl (C=O) groups is 2. The maximum Gasteiger partial charge on any atom is 0.419 e. The molecule has 4 aromatic rings. The number of piperidine rings is 1. The monoisotopic (exact) mass is 581 g/mol. The molecule has 0 bridgehead atoms. The predicted octanol–water partition coefficient (Wildman–Crippen LogP) is 4.26.